The molecule has 156 valence electrons. The number of carbonyl (C=O) groups is 2. The molecular weight excluding hydrogens is 445 g/mol. The molecule has 1 aromatic carbocycles. The fourth-order valence-electron chi connectivity index (χ4n) is 2.30. The van der Waals surface area contributed by atoms with Crippen LogP contribution in [0.5, 0.6) is 0 Å². The lowest BCUT2D eigenvalue weighted by Crippen LogP contribution is -2.30. The Hall–Kier alpha value is -2.14. The highest BCUT2D eigenvalue weighted by molar-refractivity contribution is 7.89. The molecule has 3 rings (SSSR count). The van der Waals surface area contributed by atoms with E-state index in [-0.39, 0.29) is 32.4 Å². The number of aromatic nitrogens is 1. The van der Waals surface area contributed by atoms with Crippen molar-refractivity contribution < 1.29 is 27.3 Å². The minimum Gasteiger partial charge on any atom is -0.449 e. The maximum Gasteiger partial charge on any atom is 0.340 e. The number of nitrogens with zero attached hydrogens (tertiary/aromatic N) is 1. The topological polar surface area (TPSA) is 128 Å². The molecule has 1 atom stereocenters. The van der Waals surface area contributed by atoms with Crippen LogP contribution in [-0.4, -0.2) is 37.6 Å². The van der Waals surface area contributed by atoms with Gasteiger partial charge in [0.05, 0.1) is 21.3 Å². The van der Waals surface area contributed by atoms with Crippen molar-refractivity contribution in [1.82, 2.24) is 9.88 Å². The fourth-order valence-corrected chi connectivity index (χ4v) is 4.45. The van der Waals surface area contributed by atoms with Crippen LogP contribution in [0.2, 0.25) is 10.0 Å². The molecule has 9 nitrogen and oxygen atoms in total. The van der Waals surface area contributed by atoms with Gasteiger partial charge in [0, 0.05) is 12.1 Å². The van der Waals surface area contributed by atoms with Gasteiger partial charge in [0.25, 0.3) is 5.91 Å². The number of anilines is 1. The lowest BCUT2D eigenvalue weighted by molar-refractivity contribution is -0.123. The number of halogens is 2. The molecule has 29 heavy (non-hydrogen) atoms. The van der Waals surface area contributed by atoms with Gasteiger partial charge in [-0.2, -0.15) is 0 Å². The summed E-state index contributed by atoms with van der Waals surface area (Å²) in [5, 5.41) is 5.79. The van der Waals surface area contributed by atoms with E-state index in [2.05, 4.69) is 15.2 Å². The summed E-state index contributed by atoms with van der Waals surface area (Å²) in [5.74, 6) is -1.55. The monoisotopic (exact) mass is 461 g/mol. The van der Waals surface area contributed by atoms with Crippen LogP contribution in [0.1, 0.15) is 35.8 Å². The number of hydrogen-bond donors (Lipinski definition) is 2. The van der Waals surface area contributed by atoms with E-state index in [1.165, 1.54) is 13.0 Å². The highest BCUT2D eigenvalue weighted by atomic mass is 35.5. The molecule has 1 unspecified atom stereocenters. The molecule has 12 heteroatoms. The SMILES string of the molecule is Cc1cc(NC(=O)C(C)OC(=O)c2cc(S(=O)(=O)NC3CC3)c(Cl)cc2Cl)on1. The lowest BCUT2D eigenvalue weighted by atomic mass is 10.2. The van der Waals surface area contributed by atoms with Crippen LogP contribution in [0, 0.1) is 6.92 Å². The van der Waals surface area contributed by atoms with Crippen LogP contribution in [0.4, 0.5) is 5.88 Å². The normalized spacial score (nSPS) is 15.0. The number of benzene rings is 1. The quantitative estimate of drug-likeness (QED) is 0.606. The Labute approximate surface area is 176 Å². The van der Waals surface area contributed by atoms with Crippen LogP contribution in [0.3, 0.4) is 0 Å². The summed E-state index contributed by atoms with van der Waals surface area (Å²) in [4.78, 5) is 24.3. The third-order valence-electron chi connectivity index (χ3n) is 3.96. The standard InChI is InChI=1S/C17H17Cl2N3O6S/c1-8-5-15(28-21-8)20-16(23)9(2)27-17(24)11-6-14(13(19)7-12(11)18)29(25,26)22-10-3-4-10/h5-7,9-10,22H,3-4H2,1-2H3,(H,20,23). The van der Waals surface area contributed by atoms with Crippen molar-refractivity contribution in [2.24, 2.45) is 0 Å². The Balaban J connectivity index is 1.75. The molecule has 1 aliphatic rings. The van der Waals surface area contributed by atoms with Crippen LogP contribution < -0.4 is 10.0 Å². The van der Waals surface area contributed by atoms with Crippen molar-refractivity contribution in [3.8, 4) is 0 Å². The lowest BCUT2D eigenvalue weighted by Gasteiger charge is -2.14. The zero-order valence-electron chi connectivity index (χ0n) is 15.4. The number of aryl methyl sites for hydroxylation is 1. The predicted octanol–water partition coefficient (Wildman–Crippen LogP) is 2.91. The molecule has 0 spiro atoms. The first-order valence-corrected chi connectivity index (χ1v) is 10.8. The summed E-state index contributed by atoms with van der Waals surface area (Å²) in [5.41, 5.74) is 0.328. The van der Waals surface area contributed by atoms with Crippen LogP contribution >= 0.6 is 23.2 Å². The second-order valence-electron chi connectivity index (χ2n) is 6.53. The van der Waals surface area contributed by atoms with Crippen LogP contribution in [0.15, 0.2) is 27.6 Å². The molecule has 1 aromatic heterocycles. The van der Waals surface area contributed by atoms with E-state index in [1.54, 1.807) is 6.92 Å². The van der Waals surface area contributed by atoms with E-state index in [0.29, 0.717) is 5.69 Å². The third-order valence-corrected chi connectivity index (χ3v) is 6.26. The average molecular weight is 462 g/mol. The van der Waals surface area contributed by atoms with Crippen LogP contribution in [-0.2, 0) is 19.6 Å². The van der Waals surface area contributed by atoms with Crippen molar-refractivity contribution in [1.29, 1.82) is 0 Å². The van der Waals surface area contributed by atoms with Crippen molar-refractivity contribution >= 4 is 51.0 Å². The highest BCUT2D eigenvalue weighted by Gasteiger charge is 2.31. The molecule has 2 N–H and O–H groups in total. The van der Waals surface area contributed by atoms with E-state index in [4.69, 9.17) is 32.5 Å². The van der Waals surface area contributed by atoms with Crippen molar-refractivity contribution in [2.45, 2.75) is 43.7 Å². The van der Waals surface area contributed by atoms with Gasteiger partial charge in [-0.15, -0.1) is 0 Å². The van der Waals surface area contributed by atoms with E-state index in [9.17, 15) is 18.0 Å². The highest BCUT2D eigenvalue weighted by Crippen LogP contribution is 2.31. The Bertz CT molecular complexity index is 1070. The number of nitrogens with one attached hydrogen (secondary N) is 2. The largest absolute Gasteiger partial charge is 0.449 e. The molecular formula is C17H17Cl2N3O6S. The third kappa shape index (κ3) is 5.27. The molecule has 1 aliphatic carbocycles. The maximum atomic E-state index is 12.5. The molecule has 0 bridgehead atoms. The van der Waals surface area contributed by atoms with Gasteiger partial charge in [-0.1, -0.05) is 28.4 Å². The minimum absolute atomic E-state index is 0.0967. The van der Waals surface area contributed by atoms with E-state index in [1.807, 2.05) is 0 Å². The fraction of sp³-hybridized carbons (Fsp3) is 0.353. The number of carbonyl (C=O) groups excluding carboxylic acids is 2. The molecule has 0 aliphatic heterocycles. The van der Waals surface area contributed by atoms with Gasteiger partial charge in [-0.3, -0.25) is 10.1 Å². The summed E-state index contributed by atoms with van der Waals surface area (Å²) in [6.45, 7) is 3.02. The van der Waals surface area contributed by atoms with E-state index < -0.39 is 28.0 Å². The van der Waals surface area contributed by atoms with Gasteiger partial charge in [0.1, 0.15) is 4.90 Å². The zero-order valence-corrected chi connectivity index (χ0v) is 17.7. The molecule has 1 heterocycles. The first-order chi connectivity index (χ1) is 13.6. The Morgan fingerprint density at radius 1 is 1.24 bits per heavy atom. The van der Waals surface area contributed by atoms with Crippen molar-refractivity contribution in [2.75, 3.05) is 5.32 Å². The predicted molar refractivity (Wildman–Crippen MR) is 105 cm³/mol. The number of rotatable bonds is 7. The van der Waals surface area contributed by atoms with Gasteiger partial charge in [0.2, 0.25) is 15.9 Å². The van der Waals surface area contributed by atoms with Gasteiger partial charge >= 0.3 is 5.97 Å². The Morgan fingerprint density at radius 3 is 2.52 bits per heavy atom. The molecule has 0 radical (unpaired) electrons. The van der Waals surface area contributed by atoms with Crippen molar-refractivity contribution in [3.63, 3.8) is 0 Å². The smallest absolute Gasteiger partial charge is 0.340 e. The number of esters is 1. The molecule has 1 fully saturated rings. The molecule has 0 saturated heterocycles. The number of amides is 1. The molecule has 2 aromatic rings. The molecule has 1 amide bonds. The van der Waals surface area contributed by atoms with Crippen LogP contribution in [0.25, 0.3) is 0 Å². The van der Waals surface area contributed by atoms with E-state index >= 15 is 0 Å². The van der Waals surface area contributed by atoms with Crippen molar-refractivity contribution in [3.05, 3.63) is 39.5 Å². The number of hydrogen-bond acceptors (Lipinski definition) is 7. The van der Waals surface area contributed by atoms with Gasteiger partial charge in [-0.25, -0.2) is 17.9 Å². The summed E-state index contributed by atoms with van der Waals surface area (Å²) < 4.78 is 37.3. The number of sulfonamides is 1. The Morgan fingerprint density at radius 2 is 1.93 bits per heavy atom. The second-order valence-corrected chi connectivity index (χ2v) is 9.02. The van der Waals surface area contributed by atoms with Gasteiger partial charge in [0.15, 0.2) is 6.10 Å². The molecule has 1 saturated carbocycles. The average Bonchev–Trinajstić information content (AvgIpc) is 3.32. The second kappa shape index (κ2) is 8.31. The van der Waals surface area contributed by atoms with Gasteiger partial charge in [-0.05, 0) is 38.8 Å². The summed E-state index contributed by atoms with van der Waals surface area (Å²) in [7, 11) is -3.93. The maximum absolute atomic E-state index is 12.5. The summed E-state index contributed by atoms with van der Waals surface area (Å²) >= 11 is 12.0. The first-order valence-electron chi connectivity index (χ1n) is 8.53. The minimum atomic E-state index is -3.93. The summed E-state index contributed by atoms with van der Waals surface area (Å²) in [6.07, 6.45) is 0.247. The number of ether oxygens (including phenoxy) is 1. The zero-order chi connectivity index (χ0) is 21.3. The van der Waals surface area contributed by atoms with Gasteiger partial charge < -0.3 is 9.26 Å². The summed E-state index contributed by atoms with van der Waals surface area (Å²) in [6, 6.07) is 3.52. The first kappa shape index (κ1) is 21.6. The van der Waals surface area contributed by atoms with E-state index in [0.717, 1.165) is 25.0 Å². The Kier molecular flexibility index (Phi) is 6.18.